The van der Waals surface area contributed by atoms with Crippen LogP contribution in [-0.2, 0) is 12.1 Å². The number of rotatable bonds is 5. The molecule has 1 N–H and O–H groups in total. The molecule has 0 bridgehead atoms. The summed E-state index contributed by atoms with van der Waals surface area (Å²) in [6.45, 7) is 1.21. The number of hydrogen-bond acceptors (Lipinski definition) is 5. The highest BCUT2D eigenvalue weighted by atomic mass is 19.1. The van der Waals surface area contributed by atoms with Crippen molar-refractivity contribution >= 4 is 10.8 Å². The number of halogens is 3. The number of fused-ring (bicyclic) bond motifs is 1. The Morgan fingerprint density at radius 2 is 1.83 bits per heavy atom. The van der Waals surface area contributed by atoms with Gasteiger partial charge >= 0.3 is 0 Å². The molecule has 2 atom stereocenters. The van der Waals surface area contributed by atoms with Crippen molar-refractivity contribution in [2.45, 2.75) is 25.1 Å². The summed E-state index contributed by atoms with van der Waals surface area (Å²) >= 11 is 0. The van der Waals surface area contributed by atoms with Gasteiger partial charge in [0.1, 0.15) is 29.4 Å². The van der Waals surface area contributed by atoms with Gasteiger partial charge in [-0.2, -0.15) is 0 Å². The Kier molecular flexibility index (Phi) is 4.86. The van der Waals surface area contributed by atoms with Gasteiger partial charge in [0.05, 0.1) is 12.6 Å². The molecule has 0 aliphatic rings. The zero-order chi connectivity index (χ0) is 21.5. The lowest BCUT2D eigenvalue weighted by Crippen LogP contribution is -2.43. The van der Waals surface area contributed by atoms with E-state index >= 15 is 0 Å². The highest BCUT2D eigenvalue weighted by Crippen LogP contribution is 2.36. The van der Waals surface area contributed by atoms with E-state index in [1.807, 2.05) is 0 Å². The summed E-state index contributed by atoms with van der Waals surface area (Å²) < 4.78 is 44.0. The summed E-state index contributed by atoms with van der Waals surface area (Å²) in [5, 5.41) is 22.9. The predicted molar refractivity (Wildman–Crippen MR) is 101 cm³/mol. The van der Waals surface area contributed by atoms with Crippen molar-refractivity contribution in [3.8, 4) is 0 Å². The van der Waals surface area contributed by atoms with Crippen LogP contribution < -0.4 is 5.56 Å². The summed E-state index contributed by atoms with van der Waals surface area (Å²) in [6.07, 6.45) is 2.62. The fraction of sp³-hybridized carbons (Fsp3) is 0.200. The summed E-state index contributed by atoms with van der Waals surface area (Å²) in [5.74, 6) is -2.27. The maximum Gasteiger partial charge on any atom is 0.258 e. The second-order valence-corrected chi connectivity index (χ2v) is 6.99. The van der Waals surface area contributed by atoms with Crippen LogP contribution in [-0.4, -0.2) is 29.9 Å². The Balaban J connectivity index is 1.88. The van der Waals surface area contributed by atoms with E-state index in [0.29, 0.717) is 11.5 Å². The molecular formula is C20H16F3N5O2. The first-order chi connectivity index (χ1) is 14.3. The molecule has 0 aliphatic carbocycles. The maximum atomic E-state index is 14.7. The Morgan fingerprint density at radius 1 is 1.10 bits per heavy atom. The molecule has 0 aliphatic heterocycles. The molecule has 0 spiro atoms. The molecular weight excluding hydrogens is 399 g/mol. The number of nitrogens with zero attached hydrogens (tertiary/aromatic N) is 5. The highest BCUT2D eigenvalue weighted by molar-refractivity contribution is 5.81. The van der Waals surface area contributed by atoms with E-state index in [4.69, 9.17) is 0 Å². The number of benzene rings is 2. The van der Waals surface area contributed by atoms with Crippen LogP contribution in [0.3, 0.4) is 0 Å². The van der Waals surface area contributed by atoms with Gasteiger partial charge in [0, 0.05) is 23.2 Å². The topological polar surface area (TPSA) is 85.8 Å². The second-order valence-electron chi connectivity index (χ2n) is 6.99. The molecule has 2 aromatic carbocycles. The third-order valence-corrected chi connectivity index (χ3v) is 5.19. The molecule has 30 heavy (non-hydrogen) atoms. The number of hydrogen-bond donors (Lipinski definition) is 1. The summed E-state index contributed by atoms with van der Waals surface area (Å²) in [7, 11) is 0. The molecule has 4 rings (SSSR count). The number of tetrazole rings is 1. The minimum atomic E-state index is -2.02. The van der Waals surface area contributed by atoms with E-state index in [1.54, 1.807) is 0 Å². The third-order valence-electron chi connectivity index (χ3n) is 5.19. The molecule has 4 aromatic rings. The molecule has 0 amide bonds. The third kappa shape index (κ3) is 3.35. The molecule has 2 heterocycles. The van der Waals surface area contributed by atoms with Crippen molar-refractivity contribution in [2.75, 3.05) is 0 Å². The van der Waals surface area contributed by atoms with Gasteiger partial charge in [0.2, 0.25) is 0 Å². The molecule has 0 unspecified atom stereocenters. The standard InChI is InChI=1S/C20H16F3N5O2/c1-12(28-7-6-13-8-14(21)2-4-16(13)19(28)29)20(30,10-27-11-24-25-26-27)17-5-3-15(22)9-18(17)23/h2-9,11-12,30H,10H2,1H3/t12-,20-/m1/s1. The molecule has 0 fully saturated rings. The van der Waals surface area contributed by atoms with Gasteiger partial charge in [-0.05, 0) is 53.1 Å². The minimum absolute atomic E-state index is 0.224. The van der Waals surface area contributed by atoms with Gasteiger partial charge in [-0.15, -0.1) is 5.10 Å². The van der Waals surface area contributed by atoms with E-state index in [0.717, 1.165) is 18.2 Å². The van der Waals surface area contributed by atoms with Crippen LogP contribution in [0.5, 0.6) is 0 Å². The van der Waals surface area contributed by atoms with Gasteiger partial charge in [-0.3, -0.25) is 4.79 Å². The van der Waals surface area contributed by atoms with E-state index in [-0.39, 0.29) is 17.5 Å². The molecule has 0 radical (unpaired) electrons. The zero-order valence-electron chi connectivity index (χ0n) is 15.7. The Bertz CT molecular complexity index is 1280. The number of pyridine rings is 1. The first kappa shape index (κ1) is 19.8. The monoisotopic (exact) mass is 415 g/mol. The average Bonchev–Trinajstić information content (AvgIpc) is 3.20. The Labute approximate surface area is 168 Å². The quantitative estimate of drug-likeness (QED) is 0.542. The summed E-state index contributed by atoms with van der Waals surface area (Å²) in [6, 6.07) is 7.00. The smallest absolute Gasteiger partial charge is 0.258 e. The lowest BCUT2D eigenvalue weighted by atomic mass is 9.86. The van der Waals surface area contributed by atoms with Crippen molar-refractivity contribution in [2.24, 2.45) is 0 Å². The largest absolute Gasteiger partial charge is 0.381 e. The van der Waals surface area contributed by atoms with E-state index < -0.39 is 34.7 Å². The summed E-state index contributed by atoms with van der Waals surface area (Å²) in [5.41, 5.74) is -2.75. The lowest BCUT2D eigenvalue weighted by molar-refractivity contribution is -0.0343. The SMILES string of the molecule is C[C@@H](n1ccc2cc(F)ccc2c1=O)[C@](O)(Cn1cnnn1)c1ccc(F)cc1F. The first-order valence-corrected chi connectivity index (χ1v) is 8.98. The number of aliphatic hydroxyl groups is 1. The predicted octanol–water partition coefficient (Wildman–Crippen LogP) is 2.55. The fourth-order valence-corrected chi connectivity index (χ4v) is 3.55. The van der Waals surface area contributed by atoms with E-state index in [9.17, 15) is 23.1 Å². The van der Waals surface area contributed by atoms with Crippen molar-refractivity contribution in [1.29, 1.82) is 0 Å². The van der Waals surface area contributed by atoms with Crippen molar-refractivity contribution in [1.82, 2.24) is 24.8 Å². The summed E-state index contributed by atoms with van der Waals surface area (Å²) in [4.78, 5) is 13.0. The molecule has 2 aromatic heterocycles. The molecule has 0 saturated carbocycles. The molecule has 0 saturated heterocycles. The molecule has 10 heteroatoms. The maximum absolute atomic E-state index is 14.7. The normalized spacial score (nSPS) is 14.6. The van der Waals surface area contributed by atoms with E-state index in [2.05, 4.69) is 15.5 Å². The first-order valence-electron chi connectivity index (χ1n) is 8.98. The van der Waals surface area contributed by atoms with Crippen LogP contribution in [0, 0.1) is 17.5 Å². The minimum Gasteiger partial charge on any atom is -0.381 e. The molecule has 7 nitrogen and oxygen atoms in total. The van der Waals surface area contributed by atoms with Gasteiger partial charge in [0.25, 0.3) is 5.56 Å². The van der Waals surface area contributed by atoms with Crippen molar-refractivity contribution < 1.29 is 18.3 Å². The van der Waals surface area contributed by atoms with Crippen LogP contribution in [0.4, 0.5) is 13.2 Å². The van der Waals surface area contributed by atoms with Gasteiger partial charge in [0.15, 0.2) is 0 Å². The highest BCUT2D eigenvalue weighted by Gasteiger charge is 2.40. The van der Waals surface area contributed by atoms with Crippen LogP contribution in [0.1, 0.15) is 18.5 Å². The van der Waals surface area contributed by atoms with Crippen LogP contribution in [0.2, 0.25) is 0 Å². The van der Waals surface area contributed by atoms with Crippen molar-refractivity contribution in [3.05, 3.63) is 88.4 Å². The molecule has 154 valence electrons. The second kappa shape index (κ2) is 7.38. The van der Waals surface area contributed by atoms with Crippen molar-refractivity contribution in [3.63, 3.8) is 0 Å². The average molecular weight is 415 g/mol. The lowest BCUT2D eigenvalue weighted by Gasteiger charge is -2.35. The zero-order valence-corrected chi connectivity index (χ0v) is 15.7. The van der Waals surface area contributed by atoms with E-state index in [1.165, 1.54) is 46.9 Å². The fourth-order valence-electron chi connectivity index (χ4n) is 3.55. The van der Waals surface area contributed by atoms with Gasteiger partial charge in [-0.25, -0.2) is 17.9 Å². The van der Waals surface area contributed by atoms with Gasteiger partial charge in [-0.1, -0.05) is 6.07 Å². The van der Waals surface area contributed by atoms with Gasteiger partial charge < -0.3 is 9.67 Å². The van der Waals surface area contributed by atoms with Crippen LogP contribution in [0.15, 0.2) is 59.8 Å². The van der Waals surface area contributed by atoms with Crippen LogP contribution >= 0.6 is 0 Å². The Hall–Kier alpha value is -3.53. The number of aromatic nitrogens is 5. The Morgan fingerprint density at radius 3 is 2.53 bits per heavy atom. The van der Waals surface area contributed by atoms with Crippen LogP contribution in [0.25, 0.3) is 10.8 Å².